The number of amides is 1. The van der Waals surface area contributed by atoms with E-state index in [9.17, 15) is 17.6 Å². The molecule has 0 aliphatic carbocycles. The second kappa shape index (κ2) is 8.70. The number of carbonyl (C=O) groups is 1. The van der Waals surface area contributed by atoms with Crippen LogP contribution in [0.4, 0.5) is 10.1 Å². The number of methoxy groups -OCH3 is 1. The summed E-state index contributed by atoms with van der Waals surface area (Å²) in [6.07, 6.45) is 0.537. The molecule has 2 aromatic rings. The molecule has 6 nitrogen and oxygen atoms in total. The topological polar surface area (TPSA) is 84.5 Å². The zero-order valence-electron chi connectivity index (χ0n) is 13.7. The summed E-state index contributed by atoms with van der Waals surface area (Å²) in [6, 6.07) is 11.1. The molecule has 0 fully saturated rings. The lowest BCUT2D eigenvalue weighted by atomic mass is 10.2. The molecule has 1 amide bonds. The van der Waals surface area contributed by atoms with Crippen LogP contribution in [-0.4, -0.2) is 34.6 Å². The van der Waals surface area contributed by atoms with E-state index in [1.807, 2.05) is 0 Å². The van der Waals surface area contributed by atoms with E-state index in [-0.39, 0.29) is 22.7 Å². The van der Waals surface area contributed by atoms with E-state index < -0.39 is 21.7 Å². The van der Waals surface area contributed by atoms with E-state index in [1.54, 1.807) is 6.07 Å². The third-order valence-electron chi connectivity index (χ3n) is 3.31. The SMILES string of the molecule is COCCCNS(=O)(=O)c1cccc(C(=O)Nc2cccc(F)c2)c1. The summed E-state index contributed by atoms with van der Waals surface area (Å²) < 4.78 is 45.0. The number of hydrogen-bond donors (Lipinski definition) is 2. The van der Waals surface area contributed by atoms with Crippen molar-refractivity contribution in [2.24, 2.45) is 0 Å². The third kappa shape index (κ3) is 5.63. The lowest BCUT2D eigenvalue weighted by molar-refractivity contribution is 0.102. The van der Waals surface area contributed by atoms with Crippen LogP contribution in [0.5, 0.6) is 0 Å². The Kier molecular flexibility index (Phi) is 6.63. The maximum Gasteiger partial charge on any atom is 0.255 e. The van der Waals surface area contributed by atoms with Gasteiger partial charge in [0.05, 0.1) is 4.90 Å². The normalized spacial score (nSPS) is 11.3. The summed E-state index contributed by atoms with van der Waals surface area (Å²) in [6.45, 7) is 0.675. The van der Waals surface area contributed by atoms with E-state index in [4.69, 9.17) is 4.74 Å². The molecule has 0 unspecified atom stereocenters. The zero-order valence-corrected chi connectivity index (χ0v) is 14.5. The number of anilines is 1. The van der Waals surface area contributed by atoms with Crippen LogP contribution in [0.2, 0.25) is 0 Å². The molecule has 2 rings (SSSR count). The Balaban J connectivity index is 2.10. The van der Waals surface area contributed by atoms with E-state index in [0.29, 0.717) is 13.0 Å². The van der Waals surface area contributed by atoms with Gasteiger partial charge in [0.2, 0.25) is 10.0 Å². The van der Waals surface area contributed by atoms with Crippen molar-refractivity contribution in [3.8, 4) is 0 Å². The number of sulfonamides is 1. The molecule has 0 saturated heterocycles. The minimum Gasteiger partial charge on any atom is -0.385 e. The maximum absolute atomic E-state index is 13.2. The van der Waals surface area contributed by atoms with Gasteiger partial charge in [-0.05, 0) is 42.8 Å². The molecule has 2 aromatic carbocycles. The van der Waals surface area contributed by atoms with Crippen molar-refractivity contribution in [3.63, 3.8) is 0 Å². The lowest BCUT2D eigenvalue weighted by Crippen LogP contribution is -2.26. The van der Waals surface area contributed by atoms with Crippen LogP contribution in [0.15, 0.2) is 53.4 Å². The first-order chi connectivity index (χ1) is 11.9. The molecule has 0 aliphatic heterocycles. The Bertz CT molecular complexity index is 840. The summed E-state index contributed by atoms with van der Waals surface area (Å²) in [5.41, 5.74) is 0.444. The van der Waals surface area contributed by atoms with E-state index >= 15 is 0 Å². The monoisotopic (exact) mass is 366 g/mol. The predicted octanol–water partition coefficient (Wildman–Crippen LogP) is 2.39. The van der Waals surface area contributed by atoms with Gasteiger partial charge in [-0.15, -0.1) is 0 Å². The van der Waals surface area contributed by atoms with Crippen molar-refractivity contribution in [3.05, 3.63) is 59.9 Å². The molecular formula is C17H19FN2O4S. The zero-order chi connectivity index (χ0) is 18.3. The first kappa shape index (κ1) is 19.0. The Morgan fingerprint density at radius 3 is 2.64 bits per heavy atom. The van der Waals surface area contributed by atoms with Crippen molar-refractivity contribution >= 4 is 21.6 Å². The highest BCUT2D eigenvalue weighted by Gasteiger charge is 2.16. The lowest BCUT2D eigenvalue weighted by Gasteiger charge is -2.09. The van der Waals surface area contributed by atoms with Crippen LogP contribution in [0.25, 0.3) is 0 Å². The fourth-order valence-electron chi connectivity index (χ4n) is 2.08. The molecule has 2 N–H and O–H groups in total. The second-order valence-electron chi connectivity index (χ2n) is 5.24. The summed E-state index contributed by atoms with van der Waals surface area (Å²) in [5, 5.41) is 2.53. The largest absolute Gasteiger partial charge is 0.385 e. The Hall–Kier alpha value is -2.29. The van der Waals surface area contributed by atoms with Gasteiger partial charge in [-0.2, -0.15) is 0 Å². The molecule has 0 heterocycles. The predicted molar refractivity (Wildman–Crippen MR) is 92.5 cm³/mol. The van der Waals surface area contributed by atoms with Crippen molar-refractivity contribution in [2.45, 2.75) is 11.3 Å². The number of benzene rings is 2. The molecular weight excluding hydrogens is 347 g/mol. The molecule has 0 bridgehead atoms. The Morgan fingerprint density at radius 2 is 1.92 bits per heavy atom. The van der Waals surface area contributed by atoms with Crippen LogP contribution in [0.1, 0.15) is 16.8 Å². The average Bonchev–Trinajstić information content (AvgIpc) is 2.59. The number of hydrogen-bond acceptors (Lipinski definition) is 4. The molecule has 134 valence electrons. The molecule has 0 spiro atoms. The molecule has 0 radical (unpaired) electrons. The quantitative estimate of drug-likeness (QED) is 0.703. The summed E-state index contributed by atoms with van der Waals surface area (Å²) in [5.74, 6) is -1.00. The smallest absolute Gasteiger partial charge is 0.255 e. The van der Waals surface area contributed by atoms with Gasteiger partial charge < -0.3 is 10.1 Å². The van der Waals surface area contributed by atoms with Crippen LogP contribution in [0, 0.1) is 5.82 Å². The maximum atomic E-state index is 13.2. The highest BCUT2D eigenvalue weighted by molar-refractivity contribution is 7.89. The van der Waals surface area contributed by atoms with Gasteiger partial charge in [-0.1, -0.05) is 12.1 Å². The van der Waals surface area contributed by atoms with Crippen molar-refractivity contribution in [1.29, 1.82) is 0 Å². The van der Waals surface area contributed by atoms with Gasteiger partial charge in [0, 0.05) is 31.5 Å². The highest BCUT2D eigenvalue weighted by atomic mass is 32.2. The second-order valence-corrected chi connectivity index (χ2v) is 7.00. The number of ether oxygens (including phenoxy) is 1. The minimum absolute atomic E-state index is 0.0168. The van der Waals surface area contributed by atoms with Gasteiger partial charge in [-0.3, -0.25) is 4.79 Å². The fraction of sp³-hybridized carbons (Fsp3) is 0.235. The molecule has 0 atom stereocenters. The molecule has 8 heteroatoms. The molecule has 0 aromatic heterocycles. The molecule has 0 saturated carbocycles. The van der Waals surface area contributed by atoms with Gasteiger partial charge in [-0.25, -0.2) is 17.5 Å². The van der Waals surface area contributed by atoms with Crippen LogP contribution >= 0.6 is 0 Å². The van der Waals surface area contributed by atoms with Gasteiger partial charge >= 0.3 is 0 Å². The molecule has 25 heavy (non-hydrogen) atoms. The van der Waals surface area contributed by atoms with Crippen LogP contribution in [-0.2, 0) is 14.8 Å². The van der Waals surface area contributed by atoms with Crippen molar-refractivity contribution in [2.75, 3.05) is 25.6 Å². The third-order valence-corrected chi connectivity index (χ3v) is 4.77. The summed E-state index contributed by atoms with van der Waals surface area (Å²) in [4.78, 5) is 12.2. The van der Waals surface area contributed by atoms with Gasteiger partial charge in [0.15, 0.2) is 0 Å². The van der Waals surface area contributed by atoms with E-state index in [1.165, 1.54) is 49.6 Å². The van der Waals surface area contributed by atoms with Gasteiger partial charge in [0.1, 0.15) is 5.82 Å². The fourth-order valence-corrected chi connectivity index (χ4v) is 3.20. The highest BCUT2D eigenvalue weighted by Crippen LogP contribution is 2.15. The first-order valence-electron chi connectivity index (χ1n) is 7.58. The van der Waals surface area contributed by atoms with Gasteiger partial charge in [0.25, 0.3) is 5.91 Å². The van der Waals surface area contributed by atoms with Crippen molar-refractivity contribution < 1.29 is 22.3 Å². The summed E-state index contributed by atoms with van der Waals surface area (Å²) >= 11 is 0. The Morgan fingerprint density at radius 1 is 1.16 bits per heavy atom. The number of nitrogens with one attached hydrogen (secondary N) is 2. The minimum atomic E-state index is -3.72. The number of rotatable bonds is 8. The summed E-state index contributed by atoms with van der Waals surface area (Å²) in [7, 11) is -2.18. The molecule has 0 aliphatic rings. The average molecular weight is 366 g/mol. The van der Waals surface area contributed by atoms with Crippen LogP contribution in [0.3, 0.4) is 0 Å². The number of halogens is 1. The van der Waals surface area contributed by atoms with Crippen molar-refractivity contribution in [1.82, 2.24) is 4.72 Å². The number of carbonyl (C=O) groups excluding carboxylic acids is 1. The van der Waals surface area contributed by atoms with E-state index in [0.717, 1.165) is 0 Å². The Labute approximate surface area is 146 Å². The standard InChI is InChI=1S/C17H19FN2O4S/c1-24-10-4-9-19-25(22,23)16-8-2-5-13(11-16)17(21)20-15-7-3-6-14(18)12-15/h2-3,5-8,11-12,19H,4,9-10H2,1H3,(H,20,21). The van der Waals surface area contributed by atoms with Crippen LogP contribution < -0.4 is 10.0 Å². The first-order valence-corrected chi connectivity index (χ1v) is 9.06. The van der Waals surface area contributed by atoms with E-state index in [2.05, 4.69) is 10.0 Å².